The maximum absolute atomic E-state index is 11.4. The van der Waals surface area contributed by atoms with Crippen LogP contribution in [-0.2, 0) is 7.05 Å². The van der Waals surface area contributed by atoms with Crippen molar-refractivity contribution in [3.05, 3.63) is 40.2 Å². The van der Waals surface area contributed by atoms with Crippen LogP contribution in [0.25, 0.3) is 0 Å². The summed E-state index contributed by atoms with van der Waals surface area (Å²) in [4.78, 5) is 11.4. The Morgan fingerprint density at radius 2 is 1.96 bits per heavy atom. The average molecular weight is 391 g/mol. The topological polar surface area (TPSA) is 73.6 Å². The Morgan fingerprint density at radius 3 is 2.56 bits per heavy atom. The minimum Gasteiger partial charge on any atom is -0.478 e. The van der Waals surface area contributed by atoms with Crippen LogP contribution in [0.2, 0.25) is 5.02 Å². The van der Waals surface area contributed by atoms with Crippen molar-refractivity contribution in [2.75, 3.05) is 0 Å². The van der Waals surface area contributed by atoms with Crippen molar-refractivity contribution in [3.63, 3.8) is 0 Å². The molecule has 0 spiro atoms. The minimum atomic E-state index is -1.02. The summed E-state index contributed by atoms with van der Waals surface area (Å²) >= 11 is 6.28. The van der Waals surface area contributed by atoms with E-state index < -0.39 is 11.8 Å². The van der Waals surface area contributed by atoms with E-state index in [1.807, 2.05) is 24.9 Å². The first-order chi connectivity index (χ1) is 12.8. The number of aromatic carboxylic acids is 1. The van der Waals surface area contributed by atoms with Gasteiger partial charge in [-0.2, -0.15) is 5.10 Å². The molecule has 1 N–H and O–H groups in total. The molecule has 1 atom stereocenters. The summed E-state index contributed by atoms with van der Waals surface area (Å²) in [5.41, 5.74) is 1.98. The Labute approximate surface area is 163 Å². The number of carboxylic acids is 1. The number of hydrogen-bond acceptors (Lipinski definition) is 4. The molecule has 0 bridgehead atoms. The van der Waals surface area contributed by atoms with Crippen LogP contribution in [0.15, 0.2) is 18.5 Å². The Morgan fingerprint density at radius 1 is 1.30 bits per heavy atom. The molecule has 1 aromatic heterocycles. The van der Waals surface area contributed by atoms with Crippen LogP contribution in [0.1, 0.15) is 60.0 Å². The molecule has 1 aliphatic carbocycles. The molecule has 2 heterocycles. The summed E-state index contributed by atoms with van der Waals surface area (Å²) in [6, 6.07) is 1.44. The van der Waals surface area contributed by atoms with Crippen LogP contribution >= 0.6 is 11.6 Å². The van der Waals surface area contributed by atoms with E-state index in [-0.39, 0.29) is 16.5 Å². The van der Waals surface area contributed by atoms with Crippen molar-refractivity contribution in [3.8, 4) is 11.5 Å². The van der Waals surface area contributed by atoms with Crippen LogP contribution in [0.3, 0.4) is 0 Å². The number of ether oxygens (including phenoxy) is 2. The van der Waals surface area contributed by atoms with E-state index in [0.29, 0.717) is 23.0 Å². The van der Waals surface area contributed by atoms with Gasteiger partial charge in [0.05, 0.1) is 16.8 Å². The van der Waals surface area contributed by atoms with Crippen LogP contribution in [0, 0.1) is 12.8 Å². The molecule has 0 saturated heterocycles. The van der Waals surface area contributed by atoms with E-state index >= 15 is 0 Å². The van der Waals surface area contributed by atoms with E-state index in [1.54, 1.807) is 6.92 Å². The molecular formula is C20H23ClN2O4. The summed E-state index contributed by atoms with van der Waals surface area (Å²) in [5, 5.41) is 13.9. The normalized spacial score (nSPS) is 27.0. The van der Waals surface area contributed by atoms with Gasteiger partial charge in [0.25, 0.3) is 5.79 Å². The monoisotopic (exact) mass is 390 g/mol. The molecule has 2 aromatic rings. The van der Waals surface area contributed by atoms with Gasteiger partial charge in [0.1, 0.15) is 0 Å². The number of carboxylic acid groups (broad SMARTS) is 1. The molecular weight excluding hydrogens is 368 g/mol. The molecule has 1 aromatic carbocycles. The third-order valence-electron chi connectivity index (χ3n) is 5.94. The van der Waals surface area contributed by atoms with Crippen molar-refractivity contribution in [2.24, 2.45) is 13.0 Å². The average Bonchev–Trinajstić information content (AvgIpc) is 3.23. The highest BCUT2D eigenvalue weighted by molar-refractivity contribution is 6.32. The van der Waals surface area contributed by atoms with Gasteiger partial charge in [-0.25, -0.2) is 4.79 Å². The molecule has 0 amide bonds. The zero-order valence-electron chi connectivity index (χ0n) is 15.7. The van der Waals surface area contributed by atoms with Gasteiger partial charge < -0.3 is 14.6 Å². The van der Waals surface area contributed by atoms with E-state index in [9.17, 15) is 9.90 Å². The van der Waals surface area contributed by atoms with Gasteiger partial charge in [0, 0.05) is 31.6 Å². The summed E-state index contributed by atoms with van der Waals surface area (Å²) in [7, 11) is 1.94. The van der Waals surface area contributed by atoms with Crippen LogP contribution in [0.4, 0.5) is 0 Å². The minimum absolute atomic E-state index is 0.145. The Balaban J connectivity index is 1.53. The van der Waals surface area contributed by atoms with Crippen molar-refractivity contribution in [2.45, 2.75) is 51.2 Å². The van der Waals surface area contributed by atoms with Crippen molar-refractivity contribution < 1.29 is 19.4 Å². The Bertz CT molecular complexity index is 902. The van der Waals surface area contributed by atoms with Crippen LogP contribution in [-0.4, -0.2) is 26.6 Å². The van der Waals surface area contributed by atoms with E-state index in [4.69, 9.17) is 21.1 Å². The van der Waals surface area contributed by atoms with E-state index in [0.717, 1.165) is 25.7 Å². The van der Waals surface area contributed by atoms with Gasteiger partial charge >= 0.3 is 5.97 Å². The number of aromatic nitrogens is 2. The summed E-state index contributed by atoms with van der Waals surface area (Å²) in [5.74, 6) is -0.222. The number of rotatable bonds is 3. The molecule has 2 aliphatic rings. The molecule has 4 rings (SSSR count). The number of nitrogens with zero attached hydrogens (tertiary/aromatic N) is 2. The second-order valence-corrected chi connectivity index (χ2v) is 8.12. The van der Waals surface area contributed by atoms with Gasteiger partial charge in [-0.15, -0.1) is 0 Å². The van der Waals surface area contributed by atoms with Crippen molar-refractivity contribution >= 4 is 17.6 Å². The fraction of sp³-hybridized carbons (Fsp3) is 0.500. The molecule has 27 heavy (non-hydrogen) atoms. The summed E-state index contributed by atoms with van der Waals surface area (Å²) in [6.07, 6.45) is 8.05. The number of halogens is 1. The zero-order valence-corrected chi connectivity index (χ0v) is 16.4. The van der Waals surface area contributed by atoms with Crippen LogP contribution < -0.4 is 9.47 Å². The fourth-order valence-electron chi connectivity index (χ4n) is 4.34. The highest BCUT2D eigenvalue weighted by Gasteiger charge is 2.47. The highest BCUT2D eigenvalue weighted by Crippen LogP contribution is 2.52. The molecule has 7 heteroatoms. The molecule has 0 radical (unpaired) electrons. The van der Waals surface area contributed by atoms with Crippen LogP contribution in [0.5, 0.6) is 11.5 Å². The molecule has 1 aliphatic heterocycles. The van der Waals surface area contributed by atoms with E-state index in [2.05, 4.69) is 11.3 Å². The first-order valence-corrected chi connectivity index (χ1v) is 9.59. The molecule has 144 valence electrons. The quantitative estimate of drug-likeness (QED) is 0.832. The first-order valence-electron chi connectivity index (χ1n) is 9.21. The van der Waals surface area contributed by atoms with Gasteiger partial charge in [0.2, 0.25) is 0 Å². The predicted octanol–water partition coefficient (Wildman–Crippen LogP) is 4.54. The molecule has 1 unspecified atom stereocenters. The number of benzene rings is 1. The highest BCUT2D eigenvalue weighted by atomic mass is 35.5. The summed E-state index contributed by atoms with van der Waals surface area (Å²) in [6.45, 7) is 3.66. The lowest BCUT2D eigenvalue weighted by Crippen LogP contribution is -2.44. The lowest BCUT2D eigenvalue weighted by atomic mass is 9.76. The second kappa shape index (κ2) is 6.44. The zero-order chi connectivity index (χ0) is 19.3. The number of fused-ring (bicyclic) bond motifs is 1. The standard InChI is InChI=1S/C20H23ClN2O4/c1-11-15(19(24)25)8-16(21)18-17(11)26-20(2,27-18)14-6-4-12(5-7-14)13-9-22-23(3)10-13/h8-10,12,14H,4-7H2,1-3H3,(H,24,25). The lowest BCUT2D eigenvalue weighted by Gasteiger charge is -2.37. The van der Waals surface area contributed by atoms with Gasteiger partial charge in [0.15, 0.2) is 11.5 Å². The third-order valence-corrected chi connectivity index (χ3v) is 6.22. The molecule has 1 fully saturated rings. The van der Waals surface area contributed by atoms with Crippen molar-refractivity contribution in [1.29, 1.82) is 0 Å². The second-order valence-electron chi connectivity index (χ2n) is 7.71. The Kier molecular flexibility index (Phi) is 4.34. The number of carbonyl (C=O) groups is 1. The summed E-state index contributed by atoms with van der Waals surface area (Å²) < 4.78 is 14.2. The first kappa shape index (κ1) is 18.2. The van der Waals surface area contributed by atoms with Gasteiger partial charge in [-0.1, -0.05) is 11.6 Å². The maximum atomic E-state index is 11.4. The number of hydrogen-bond donors (Lipinski definition) is 1. The van der Waals surface area contributed by atoms with Gasteiger partial charge in [-0.3, -0.25) is 4.68 Å². The third kappa shape index (κ3) is 3.06. The fourth-order valence-corrected chi connectivity index (χ4v) is 4.57. The predicted molar refractivity (Wildman–Crippen MR) is 101 cm³/mol. The maximum Gasteiger partial charge on any atom is 0.336 e. The number of aryl methyl sites for hydroxylation is 1. The SMILES string of the molecule is Cc1c(C(=O)O)cc(Cl)c2c1OC(C)(C1CCC(c3cnn(C)c3)CC1)O2. The molecule has 6 nitrogen and oxygen atoms in total. The largest absolute Gasteiger partial charge is 0.478 e. The van der Waals surface area contributed by atoms with Gasteiger partial charge in [-0.05, 0) is 50.2 Å². The van der Waals surface area contributed by atoms with Crippen molar-refractivity contribution in [1.82, 2.24) is 9.78 Å². The smallest absolute Gasteiger partial charge is 0.336 e. The molecule has 1 saturated carbocycles. The Hall–Kier alpha value is -2.21. The lowest BCUT2D eigenvalue weighted by molar-refractivity contribution is -0.121. The van der Waals surface area contributed by atoms with E-state index in [1.165, 1.54) is 11.6 Å².